The van der Waals surface area contributed by atoms with Crippen molar-refractivity contribution >= 4 is 23.1 Å². The first-order chi connectivity index (χ1) is 20.4. The number of hydrogen-bond donors (Lipinski definition) is 2. The number of carbonyl (C=O) groups is 2. The van der Waals surface area contributed by atoms with E-state index in [1.165, 1.54) is 58.3 Å². The number of carboxylic acids is 2. The average Bonchev–Trinajstić information content (AvgIpc) is 3.00. The Kier molecular flexibility index (Phi) is 19.2. The van der Waals surface area contributed by atoms with Gasteiger partial charge in [-0.15, -0.1) is 0 Å². The van der Waals surface area contributed by atoms with Crippen LogP contribution in [0.25, 0.3) is 11.1 Å². The zero-order valence-electron chi connectivity index (χ0n) is 26.4. The van der Waals surface area contributed by atoms with Crippen LogP contribution in [0.15, 0.2) is 66.1 Å². The molecule has 0 aliphatic heterocycles. The summed E-state index contributed by atoms with van der Waals surface area (Å²) in [6, 6.07) is 17.6. The Morgan fingerprint density at radius 1 is 0.595 bits per heavy atom. The van der Waals surface area contributed by atoms with Gasteiger partial charge < -0.3 is 19.7 Å². The van der Waals surface area contributed by atoms with Gasteiger partial charge in [0.05, 0.1) is 14.2 Å². The Hall–Kier alpha value is -3.54. The van der Waals surface area contributed by atoms with Gasteiger partial charge in [0.1, 0.15) is 0 Å². The minimum absolute atomic E-state index is 0.0646. The summed E-state index contributed by atoms with van der Waals surface area (Å²) in [6.45, 7) is 6.45. The van der Waals surface area contributed by atoms with Gasteiger partial charge in [0.2, 0.25) is 11.5 Å². The molecule has 2 aromatic rings. The number of allylic oxidation sites excluding steroid dienone is 2. The van der Waals surface area contributed by atoms with Crippen molar-refractivity contribution in [1.29, 1.82) is 0 Å². The summed E-state index contributed by atoms with van der Waals surface area (Å²) in [5.41, 5.74) is 4.72. The third-order valence-corrected chi connectivity index (χ3v) is 7.25. The molecule has 0 unspecified atom stereocenters. The highest BCUT2D eigenvalue weighted by atomic mass is 16.5. The SMILES string of the molecule is CCCCCCC(=C(OC)C(=O)O)c1ccccc1CC.CCCCCCCCC(=C(OC)C(=O)O)c1ccccc1. The molecule has 0 amide bonds. The van der Waals surface area contributed by atoms with Gasteiger partial charge in [0.15, 0.2) is 0 Å². The highest BCUT2D eigenvalue weighted by Gasteiger charge is 2.19. The van der Waals surface area contributed by atoms with E-state index in [0.717, 1.165) is 67.2 Å². The molecule has 0 aliphatic carbocycles. The highest BCUT2D eigenvalue weighted by molar-refractivity contribution is 5.95. The van der Waals surface area contributed by atoms with E-state index in [1.807, 2.05) is 48.5 Å². The third kappa shape index (κ3) is 13.0. The zero-order valence-corrected chi connectivity index (χ0v) is 26.4. The van der Waals surface area contributed by atoms with E-state index in [9.17, 15) is 19.8 Å². The Labute approximate surface area is 253 Å². The molecule has 0 radical (unpaired) electrons. The van der Waals surface area contributed by atoms with E-state index < -0.39 is 11.9 Å². The van der Waals surface area contributed by atoms with Crippen LogP contribution >= 0.6 is 0 Å². The summed E-state index contributed by atoms with van der Waals surface area (Å²) in [5.74, 6) is -1.85. The van der Waals surface area contributed by atoms with Crippen LogP contribution in [0.2, 0.25) is 0 Å². The van der Waals surface area contributed by atoms with Crippen molar-refractivity contribution in [3.05, 3.63) is 82.8 Å². The molecule has 6 nitrogen and oxygen atoms in total. The topological polar surface area (TPSA) is 93.1 Å². The fraction of sp³-hybridized carbons (Fsp3) is 0.500. The maximum absolute atomic E-state index is 11.5. The van der Waals surface area contributed by atoms with E-state index in [1.54, 1.807) is 0 Å². The number of ether oxygens (including phenoxy) is 2. The first kappa shape index (κ1) is 36.5. The van der Waals surface area contributed by atoms with E-state index in [0.29, 0.717) is 0 Å². The van der Waals surface area contributed by atoms with E-state index in [2.05, 4.69) is 26.8 Å². The molecule has 0 aromatic heterocycles. The normalized spacial score (nSPS) is 11.9. The molecule has 0 heterocycles. The second-order valence-electron chi connectivity index (χ2n) is 10.3. The van der Waals surface area contributed by atoms with Gasteiger partial charge in [-0.3, -0.25) is 0 Å². The molecule has 0 spiro atoms. The summed E-state index contributed by atoms with van der Waals surface area (Å²) in [6.07, 6.45) is 13.9. The molecule has 0 bridgehead atoms. The maximum Gasteiger partial charge on any atom is 0.371 e. The molecule has 42 heavy (non-hydrogen) atoms. The number of aliphatic carboxylic acids is 2. The zero-order chi connectivity index (χ0) is 31.2. The fourth-order valence-electron chi connectivity index (χ4n) is 5.01. The lowest BCUT2D eigenvalue weighted by atomic mass is 9.93. The van der Waals surface area contributed by atoms with Gasteiger partial charge in [0.25, 0.3) is 0 Å². The van der Waals surface area contributed by atoms with Crippen LogP contribution in [0.4, 0.5) is 0 Å². The smallest absolute Gasteiger partial charge is 0.371 e. The van der Waals surface area contributed by atoms with Gasteiger partial charge in [0, 0.05) is 11.1 Å². The molecule has 2 rings (SSSR count). The van der Waals surface area contributed by atoms with Gasteiger partial charge >= 0.3 is 11.9 Å². The number of methoxy groups -OCH3 is 2. The van der Waals surface area contributed by atoms with E-state index in [4.69, 9.17) is 9.47 Å². The molecule has 0 atom stereocenters. The standard InChI is InChI=1S/2C18H26O3/c1-4-6-7-8-13-16(17(21-3)18(19)20)15-12-10-9-11-14(15)5-2;1-3-4-5-6-7-11-14-16(17(21-2)18(19)20)15-12-9-8-10-13-15/h9-12H,4-8,13H2,1-3H3,(H,19,20);8-10,12-13H,3-7,11,14H2,1-2H3,(H,19,20). The molecule has 0 saturated carbocycles. The van der Waals surface area contributed by atoms with Gasteiger partial charge in [-0.2, -0.15) is 0 Å². The monoisotopic (exact) mass is 580 g/mol. The van der Waals surface area contributed by atoms with Crippen LogP contribution in [0, 0.1) is 0 Å². The molecular formula is C36H52O6. The number of aryl methyl sites for hydroxylation is 1. The van der Waals surface area contributed by atoms with Crippen LogP contribution in [-0.4, -0.2) is 36.4 Å². The summed E-state index contributed by atoms with van der Waals surface area (Å²) in [4.78, 5) is 22.8. The predicted molar refractivity (Wildman–Crippen MR) is 172 cm³/mol. The van der Waals surface area contributed by atoms with Crippen molar-refractivity contribution in [3.63, 3.8) is 0 Å². The van der Waals surface area contributed by atoms with E-state index >= 15 is 0 Å². The summed E-state index contributed by atoms with van der Waals surface area (Å²) >= 11 is 0. The summed E-state index contributed by atoms with van der Waals surface area (Å²) in [5, 5.41) is 18.7. The largest absolute Gasteiger partial charge is 0.490 e. The van der Waals surface area contributed by atoms with Crippen molar-refractivity contribution in [2.24, 2.45) is 0 Å². The minimum Gasteiger partial charge on any atom is -0.490 e. The summed E-state index contributed by atoms with van der Waals surface area (Å²) < 4.78 is 10.3. The molecule has 6 heteroatoms. The first-order valence-corrected chi connectivity index (χ1v) is 15.5. The Balaban J connectivity index is 0.000000420. The maximum atomic E-state index is 11.5. The molecule has 0 fully saturated rings. The van der Waals surface area contributed by atoms with Crippen molar-refractivity contribution in [1.82, 2.24) is 0 Å². The average molecular weight is 581 g/mol. The lowest BCUT2D eigenvalue weighted by molar-refractivity contribution is -0.136. The van der Waals surface area contributed by atoms with Gasteiger partial charge in [-0.1, -0.05) is 127 Å². The number of carboxylic acid groups (broad SMARTS) is 2. The highest BCUT2D eigenvalue weighted by Crippen LogP contribution is 2.29. The van der Waals surface area contributed by atoms with Crippen molar-refractivity contribution in [2.45, 2.75) is 104 Å². The van der Waals surface area contributed by atoms with Crippen LogP contribution in [0.1, 0.15) is 115 Å². The molecule has 0 aliphatic rings. The molecular weight excluding hydrogens is 528 g/mol. The quantitative estimate of drug-likeness (QED) is 0.0976. The summed E-state index contributed by atoms with van der Waals surface area (Å²) in [7, 11) is 2.86. The second kappa shape index (κ2) is 22.1. The third-order valence-electron chi connectivity index (χ3n) is 7.25. The van der Waals surface area contributed by atoms with E-state index in [-0.39, 0.29) is 11.5 Å². The number of hydrogen-bond acceptors (Lipinski definition) is 4. The fourth-order valence-corrected chi connectivity index (χ4v) is 5.01. The van der Waals surface area contributed by atoms with Gasteiger partial charge in [-0.05, 0) is 48.8 Å². The second-order valence-corrected chi connectivity index (χ2v) is 10.3. The Morgan fingerprint density at radius 2 is 1.05 bits per heavy atom. The number of rotatable bonds is 19. The van der Waals surface area contributed by atoms with Crippen LogP contribution in [0.5, 0.6) is 0 Å². The molecule has 0 saturated heterocycles. The lowest BCUT2D eigenvalue weighted by Crippen LogP contribution is -2.08. The molecule has 2 aromatic carbocycles. The van der Waals surface area contributed by atoms with Crippen molar-refractivity contribution < 1.29 is 29.3 Å². The van der Waals surface area contributed by atoms with Crippen molar-refractivity contribution in [2.75, 3.05) is 14.2 Å². The molecule has 232 valence electrons. The minimum atomic E-state index is -0.998. The lowest BCUT2D eigenvalue weighted by Gasteiger charge is -2.15. The number of benzene rings is 2. The Bertz CT molecular complexity index is 1120. The molecule has 2 N–H and O–H groups in total. The van der Waals surface area contributed by atoms with Crippen LogP contribution in [-0.2, 0) is 25.5 Å². The van der Waals surface area contributed by atoms with Crippen LogP contribution < -0.4 is 0 Å². The predicted octanol–water partition coefficient (Wildman–Crippen LogP) is 9.54. The van der Waals surface area contributed by atoms with Crippen molar-refractivity contribution in [3.8, 4) is 0 Å². The van der Waals surface area contributed by atoms with Crippen LogP contribution in [0.3, 0.4) is 0 Å². The first-order valence-electron chi connectivity index (χ1n) is 15.5. The Morgan fingerprint density at radius 3 is 1.57 bits per heavy atom. The van der Waals surface area contributed by atoms with Gasteiger partial charge in [-0.25, -0.2) is 9.59 Å². The number of unbranched alkanes of at least 4 members (excludes halogenated alkanes) is 8.